The van der Waals surface area contributed by atoms with Crippen molar-refractivity contribution in [2.45, 2.75) is 24.5 Å². The summed E-state index contributed by atoms with van der Waals surface area (Å²) in [6.07, 6.45) is 0.195. The Morgan fingerprint density at radius 1 is 0.914 bits per heavy atom. The Labute approximate surface area is 208 Å². The van der Waals surface area contributed by atoms with Crippen LogP contribution in [0.15, 0.2) is 84.9 Å². The number of carbonyl (C=O) groups excluding carboxylic acids is 3. The lowest BCUT2D eigenvalue weighted by Gasteiger charge is -2.32. The summed E-state index contributed by atoms with van der Waals surface area (Å²) in [4.78, 5) is 42.5. The van der Waals surface area contributed by atoms with Gasteiger partial charge in [-0.1, -0.05) is 90.5 Å². The van der Waals surface area contributed by atoms with Crippen molar-refractivity contribution >= 4 is 29.4 Å². The number of imide groups is 1. The molecule has 5 rings (SSSR count). The van der Waals surface area contributed by atoms with Gasteiger partial charge in [0.05, 0.1) is 25.5 Å². The Morgan fingerprint density at radius 3 is 2.14 bits per heavy atom. The molecule has 2 heterocycles. The van der Waals surface area contributed by atoms with E-state index in [0.29, 0.717) is 10.6 Å². The number of halogens is 1. The minimum absolute atomic E-state index is 0.142. The van der Waals surface area contributed by atoms with E-state index >= 15 is 0 Å². The second kappa shape index (κ2) is 9.29. The van der Waals surface area contributed by atoms with E-state index in [4.69, 9.17) is 16.3 Å². The monoisotopic (exact) mass is 488 g/mol. The molecule has 1 N–H and O–H groups in total. The second-order valence-electron chi connectivity index (χ2n) is 9.02. The minimum atomic E-state index is -1.43. The molecule has 7 heteroatoms. The van der Waals surface area contributed by atoms with E-state index in [2.05, 4.69) is 5.32 Å². The number of carbonyl (C=O) groups is 3. The molecule has 2 saturated heterocycles. The summed E-state index contributed by atoms with van der Waals surface area (Å²) >= 11 is 6.55. The van der Waals surface area contributed by atoms with Gasteiger partial charge in [0.2, 0.25) is 11.8 Å². The molecule has 2 amide bonds. The molecule has 35 heavy (non-hydrogen) atoms. The van der Waals surface area contributed by atoms with E-state index < -0.39 is 29.4 Å². The van der Waals surface area contributed by atoms with Crippen LogP contribution in [-0.4, -0.2) is 35.3 Å². The van der Waals surface area contributed by atoms with Gasteiger partial charge >= 0.3 is 5.97 Å². The summed E-state index contributed by atoms with van der Waals surface area (Å²) in [5, 5.41) is 3.84. The van der Waals surface area contributed by atoms with Crippen molar-refractivity contribution in [1.82, 2.24) is 10.2 Å². The number of hydrogen-bond donors (Lipinski definition) is 1. The third kappa shape index (κ3) is 3.93. The van der Waals surface area contributed by atoms with Crippen LogP contribution in [0.25, 0.3) is 0 Å². The van der Waals surface area contributed by atoms with E-state index in [0.717, 1.165) is 11.1 Å². The summed E-state index contributed by atoms with van der Waals surface area (Å²) in [5.41, 5.74) is 0.933. The van der Waals surface area contributed by atoms with Gasteiger partial charge in [0.15, 0.2) is 0 Å². The zero-order chi connectivity index (χ0) is 24.6. The van der Waals surface area contributed by atoms with Gasteiger partial charge in [-0.2, -0.15) is 0 Å². The average Bonchev–Trinajstić information content (AvgIpc) is 3.34. The van der Waals surface area contributed by atoms with Crippen LogP contribution >= 0.6 is 11.6 Å². The maximum atomic E-state index is 13.9. The summed E-state index contributed by atoms with van der Waals surface area (Å²) in [5.74, 6) is -3.01. The van der Waals surface area contributed by atoms with E-state index in [9.17, 15) is 14.4 Å². The van der Waals surface area contributed by atoms with Gasteiger partial charge in [0, 0.05) is 17.5 Å². The first-order valence-electron chi connectivity index (χ1n) is 11.5. The first-order valence-corrected chi connectivity index (χ1v) is 11.9. The number of hydrogen-bond acceptors (Lipinski definition) is 5. The predicted molar refractivity (Wildman–Crippen MR) is 131 cm³/mol. The van der Waals surface area contributed by atoms with E-state index in [1.54, 1.807) is 12.1 Å². The van der Waals surface area contributed by atoms with Crippen LogP contribution in [0.4, 0.5) is 0 Å². The fraction of sp³-hybridized carbons (Fsp3) is 0.250. The molecule has 178 valence electrons. The molecule has 4 atom stereocenters. The number of likely N-dealkylation sites (tertiary alicyclic amines) is 1. The Balaban J connectivity index is 1.64. The van der Waals surface area contributed by atoms with Crippen LogP contribution in [0.1, 0.15) is 22.7 Å². The lowest BCUT2D eigenvalue weighted by molar-refractivity contribution is -0.154. The van der Waals surface area contributed by atoms with Crippen molar-refractivity contribution in [2.24, 2.45) is 11.8 Å². The van der Waals surface area contributed by atoms with E-state index in [1.165, 1.54) is 12.0 Å². The van der Waals surface area contributed by atoms with E-state index in [-0.39, 0.29) is 24.8 Å². The smallest absolute Gasteiger partial charge is 0.327 e. The molecule has 2 aliphatic rings. The molecule has 2 fully saturated rings. The number of rotatable bonds is 6. The highest BCUT2D eigenvalue weighted by atomic mass is 35.5. The number of fused-ring (bicyclic) bond motifs is 1. The quantitative estimate of drug-likeness (QED) is 0.420. The van der Waals surface area contributed by atoms with Gasteiger partial charge in [-0.3, -0.25) is 24.6 Å². The Kier molecular flexibility index (Phi) is 6.17. The molecule has 0 bridgehead atoms. The first kappa shape index (κ1) is 23.3. The van der Waals surface area contributed by atoms with Gasteiger partial charge < -0.3 is 4.74 Å². The normalized spacial score (nSPS) is 25.5. The highest BCUT2D eigenvalue weighted by Crippen LogP contribution is 2.51. The van der Waals surface area contributed by atoms with Crippen LogP contribution < -0.4 is 5.32 Å². The zero-order valence-electron chi connectivity index (χ0n) is 19.2. The highest BCUT2D eigenvalue weighted by molar-refractivity contribution is 6.31. The summed E-state index contributed by atoms with van der Waals surface area (Å²) in [6, 6.07) is 25.4. The summed E-state index contributed by atoms with van der Waals surface area (Å²) < 4.78 is 5.25. The highest BCUT2D eigenvalue weighted by Gasteiger charge is 2.68. The third-order valence-corrected chi connectivity index (χ3v) is 7.39. The molecule has 0 spiro atoms. The van der Waals surface area contributed by atoms with Crippen molar-refractivity contribution in [3.05, 3.63) is 107 Å². The molecule has 0 aromatic heterocycles. The largest absolute Gasteiger partial charge is 0.468 e. The molecular weight excluding hydrogens is 464 g/mol. The Bertz CT molecular complexity index is 1270. The van der Waals surface area contributed by atoms with E-state index in [1.807, 2.05) is 72.8 Å². The number of nitrogens with one attached hydrogen (secondary N) is 1. The van der Waals surface area contributed by atoms with Crippen LogP contribution in [0, 0.1) is 11.8 Å². The van der Waals surface area contributed by atoms with Gasteiger partial charge in [0.25, 0.3) is 0 Å². The lowest BCUT2D eigenvalue weighted by Crippen LogP contribution is -2.57. The van der Waals surface area contributed by atoms with Crippen molar-refractivity contribution in [1.29, 1.82) is 0 Å². The molecular formula is C28H25ClN2O4. The number of esters is 1. The first-order chi connectivity index (χ1) is 17.0. The van der Waals surface area contributed by atoms with Crippen LogP contribution in [0.5, 0.6) is 0 Å². The van der Waals surface area contributed by atoms with Crippen LogP contribution in [0.3, 0.4) is 0 Å². The molecule has 3 aromatic rings. The maximum Gasteiger partial charge on any atom is 0.327 e. The molecule has 2 aliphatic heterocycles. The Morgan fingerprint density at radius 2 is 1.51 bits per heavy atom. The third-order valence-electron chi connectivity index (χ3n) is 7.04. The number of benzene rings is 3. The fourth-order valence-electron chi connectivity index (χ4n) is 5.50. The van der Waals surface area contributed by atoms with Crippen LogP contribution in [-0.2, 0) is 32.1 Å². The average molecular weight is 489 g/mol. The SMILES string of the molecule is COC(=O)[C@@]1(Cc2ccccc2)N[C@@H](c2ccccc2Cl)[C@H]2C(=O)N(Cc3ccccc3)C(=O)[C@@H]21. The van der Waals surface area contributed by atoms with Crippen molar-refractivity contribution in [3.63, 3.8) is 0 Å². The minimum Gasteiger partial charge on any atom is -0.468 e. The lowest BCUT2D eigenvalue weighted by atomic mass is 9.76. The molecule has 0 radical (unpaired) electrons. The second-order valence-corrected chi connectivity index (χ2v) is 9.43. The fourth-order valence-corrected chi connectivity index (χ4v) is 5.75. The van der Waals surface area contributed by atoms with Crippen molar-refractivity contribution < 1.29 is 19.1 Å². The van der Waals surface area contributed by atoms with Crippen LogP contribution in [0.2, 0.25) is 5.02 Å². The van der Waals surface area contributed by atoms with Gasteiger partial charge in [-0.25, -0.2) is 0 Å². The van der Waals surface area contributed by atoms with Crippen molar-refractivity contribution in [2.75, 3.05) is 7.11 Å². The number of nitrogens with zero attached hydrogens (tertiary/aromatic N) is 1. The number of methoxy groups -OCH3 is 1. The number of ether oxygens (including phenoxy) is 1. The van der Waals surface area contributed by atoms with Gasteiger partial charge in [-0.05, 0) is 22.8 Å². The standard InChI is InChI=1S/C28H25ClN2O4/c1-35-27(34)28(16-18-10-4-2-5-11-18)23-22(24(30-28)20-14-8-9-15-21(20)29)25(32)31(26(23)33)17-19-12-6-3-7-13-19/h2-15,22-24,30H,16-17H2,1H3/t22-,23+,24-,28-/m0/s1. The Hall–Kier alpha value is -3.48. The van der Waals surface area contributed by atoms with Gasteiger partial charge in [0.1, 0.15) is 5.54 Å². The molecule has 0 saturated carbocycles. The topological polar surface area (TPSA) is 75.7 Å². The number of amides is 2. The summed E-state index contributed by atoms with van der Waals surface area (Å²) in [6.45, 7) is 0.142. The molecule has 0 aliphatic carbocycles. The summed E-state index contributed by atoms with van der Waals surface area (Å²) in [7, 11) is 1.30. The molecule has 0 unspecified atom stereocenters. The predicted octanol–water partition coefficient (Wildman–Crippen LogP) is 3.94. The molecule has 3 aromatic carbocycles. The maximum absolute atomic E-state index is 13.9. The molecule has 6 nitrogen and oxygen atoms in total. The van der Waals surface area contributed by atoms with Gasteiger partial charge in [-0.15, -0.1) is 0 Å². The van der Waals surface area contributed by atoms with Crippen molar-refractivity contribution in [3.8, 4) is 0 Å². The zero-order valence-corrected chi connectivity index (χ0v) is 19.9.